The van der Waals surface area contributed by atoms with Gasteiger partial charge >= 0.3 is 24.3 Å². The molecule has 3 N–H and O–H groups in total. The highest BCUT2D eigenvalue weighted by molar-refractivity contribution is 5.83. The van der Waals surface area contributed by atoms with E-state index in [1.807, 2.05) is 0 Å². The number of nitrogens with one attached hydrogen (secondary N) is 1. The van der Waals surface area contributed by atoms with E-state index in [0.29, 0.717) is 30.7 Å². The van der Waals surface area contributed by atoms with Crippen molar-refractivity contribution in [3.63, 3.8) is 0 Å². The van der Waals surface area contributed by atoms with Gasteiger partial charge < -0.3 is 44.2 Å². The monoisotopic (exact) mass is 1140 g/mol. The van der Waals surface area contributed by atoms with Crippen molar-refractivity contribution in [2.75, 3.05) is 19.7 Å². The Bertz CT molecular complexity index is 2810. The van der Waals surface area contributed by atoms with Crippen molar-refractivity contribution in [1.29, 1.82) is 0 Å². The first-order chi connectivity index (χ1) is 36.5. The van der Waals surface area contributed by atoms with Gasteiger partial charge in [0, 0.05) is 69.7 Å². The van der Waals surface area contributed by atoms with Crippen LogP contribution in [0.4, 0.5) is 52.7 Å². The van der Waals surface area contributed by atoms with Crippen molar-refractivity contribution in [3.05, 3.63) is 93.6 Å². The van der Waals surface area contributed by atoms with Crippen LogP contribution in [0.3, 0.4) is 0 Å². The molecule has 2 aliphatic heterocycles. The van der Waals surface area contributed by atoms with Crippen LogP contribution in [0.25, 0.3) is 0 Å². The number of halogens is 12. The van der Waals surface area contributed by atoms with Crippen LogP contribution in [-0.2, 0) is 94.4 Å². The number of nitrogens with zero attached hydrogens (tertiary/aromatic N) is 8. The standard InChI is InChI=1S/C24H27F6N5O4.C16H15F6N5O.C8H14O4/c1-23(2,3)39-21(38)5-4-19(36)31-14(8-13-9-16(26)17(27)11-15(13)25)10-20(37)34-6-7-35-18(12-34)32-33-22(35)24(28,29)30;17-10-6-12(19)11(18)4-8(10)3-9(23)5-14(28)26-1-2-27-13(7-26)24-25-15(27)16(20,21)22;1-8(2,3)12-7(10)4-5-11-6-9/h9,11,14H,4-8,10,12H2,1-3H3,(H,31,36);4,6,9H,1-3,5,7,23H2;6H,4-5H2,1-3H3. The average molecular weight is 1150 g/mol. The Morgan fingerprint density at radius 1 is 0.595 bits per heavy atom. The number of benzene rings is 2. The maximum absolute atomic E-state index is 14.3. The molecule has 31 heteroatoms. The van der Waals surface area contributed by atoms with Gasteiger partial charge in [-0.25, -0.2) is 26.3 Å². The van der Waals surface area contributed by atoms with Crippen molar-refractivity contribution in [2.24, 2.45) is 5.73 Å². The minimum absolute atomic E-state index is 0.000783. The van der Waals surface area contributed by atoms with Crippen molar-refractivity contribution in [2.45, 2.75) is 148 Å². The summed E-state index contributed by atoms with van der Waals surface area (Å²) in [4.78, 5) is 72.9. The van der Waals surface area contributed by atoms with E-state index in [-0.39, 0.29) is 107 Å². The molecule has 6 rings (SSSR count). The molecule has 0 spiro atoms. The molecule has 79 heavy (non-hydrogen) atoms. The zero-order valence-electron chi connectivity index (χ0n) is 43.3. The zero-order chi connectivity index (χ0) is 59.4. The fourth-order valence-corrected chi connectivity index (χ4v) is 7.58. The third kappa shape index (κ3) is 20.1. The lowest BCUT2D eigenvalue weighted by atomic mass is 10.0. The van der Waals surface area contributed by atoms with Gasteiger partial charge in [-0.3, -0.25) is 28.8 Å². The number of hydrogen-bond donors (Lipinski definition) is 2. The second-order valence-electron chi connectivity index (χ2n) is 19.8. The number of aromatic nitrogens is 6. The number of fused-ring (bicyclic) bond motifs is 2. The van der Waals surface area contributed by atoms with Gasteiger partial charge in [-0.2, -0.15) is 26.3 Å². The lowest BCUT2D eigenvalue weighted by molar-refractivity contribution is -0.157. The second-order valence-corrected chi connectivity index (χ2v) is 19.8. The van der Waals surface area contributed by atoms with Crippen molar-refractivity contribution < 1.29 is 95.7 Å². The van der Waals surface area contributed by atoms with Gasteiger partial charge in [0.15, 0.2) is 34.9 Å². The van der Waals surface area contributed by atoms with Crippen LogP contribution < -0.4 is 11.1 Å². The third-order valence-electron chi connectivity index (χ3n) is 11.0. The largest absolute Gasteiger partial charge is 0.467 e. The minimum Gasteiger partial charge on any atom is -0.467 e. The Balaban J connectivity index is 0.000000291. The van der Waals surface area contributed by atoms with Crippen molar-refractivity contribution in [3.8, 4) is 0 Å². The molecule has 0 aliphatic carbocycles. The van der Waals surface area contributed by atoms with Crippen LogP contribution in [0, 0.1) is 34.9 Å². The molecular formula is C48H56F12N10O9. The molecule has 0 radical (unpaired) electrons. The number of nitrogens with two attached hydrogens (primary N) is 1. The quantitative estimate of drug-likeness (QED) is 0.0317. The van der Waals surface area contributed by atoms with E-state index < -0.39 is 119 Å². The Morgan fingerprint density at radius 3 is 1.44 bits per heavy atom. The van der Waals surface area contributed by atoms with Crippen molar-refractivity contribution >= 4 is 36.1 Å². The van der Waals surface area contributed by atoms with E-state index in [1.54, 1.807) is 41.5 Å². The Kier molecular flexibility index (Phi) is 21.9. The van der Waals surface area contributed by atoms with Crippen LogP contribution >= 0.6 is 0 Å². The average Bonchev–Trinajstić information content (AvgIpc) is 3.99. The summed E-state index contributed by atoms with van der Waals surface area (Å²) < 4.78 is 175. The normalized spacial score (nSPS) is 14.3. The number of hydrogen-bond acceptors (Lipinski definition) is 14. The summed E-state index contributed by atoms with van der Waals surface area (Å²) in [7, 11) is 0. The third-order valence-corrected chi connectivity index (χ3v) is 11.0. The highest BCUT2D eigenvalue weighted by atomic mass is 19.4. The molecule has 0 fully saturated rings. The molecule has 3 amide bonds. The molecule has 0 bridgehead atoms. The van der Waals surface area contributed by atoms with E-state index in [1.165, 1.54) is 9.80 Å². The summed E-state index contributed by atoms with van der Waals surface area (Å²) in [6, 6.07) is 0.0120. The van der Waals surface area contributed by atoms with Gasteiger partial charge in [-0.15, -0.1) is 20.4 Å². The van der Waals surface area contributed by atoms with Crippen LogP contribution in [0.1, 0.15) is 108 Å². The summed E-state index contributed by atoms with van der Waals surface area (Å²) in [5.74, 6) is -12.6. The second kappa shape index (κ2) is 27.0. The Morgan fingerprint density at radius 2 is 1.01 bits per heavy atom. The number of rotatable bonds is 16. The number of esters is 2. The smallest absolute Gasteiger partial charge is 0.451 e. The van der Waals surface area contributed by atoms with Gasteiger partial charge in [0.2, 0.25) is 29.4 Å². The molecule has 2 unspecified atom stereocenters. The number of carbonyl (C=O) groups excluding carboxylic acids is 6. The molecule has 2 aromatic carbocycles. The molecule has 0 saturated heterocycles. The molecule has 2 aliphatic rings. The van der Waals surface area contributed by atoms with Gasteiger partial charge in [-0.1, -0.05) is 0 Å². The maximum Gasteiger partial charge on any atom is 0.451 e. The van der Waals surface area contributed by atoms with E-state index in [2.05, 4.69) is 30.4 Å². The predicted molar refractivity (Wildman–Crippen MR) is 248 cm³/mol. The summed E-state index contributed by atoms with van der Waals surface area (Å²) >= 11 is 0. The fraction of sp³-hybridized carbons (Fsp3) is 0.542. The summed E-state index contributed by atoms with van der Waals surface area (Å²) in [5.41, 5.74) is 4.08. The summed E-state index contributed by atoms with van der Waals surface area (Å²) in [6.07, 6.45) is -11.2. The van der Waals surface area contributed by atoms with Gasteiger partial charge in [-0.05, 0) is 77.6 Å². The van der Waals surface area contributed by atoms with Crippen LogP contribution in [-0.4, -0.2) is 118 Å². The van der Waals surface area contributed by atoms with Crippen LogP contribution in [0.2, 0.25) is 0 Å². The molecule has 436 valence electrons. The molecule has 2 aromatic heterocycles. The first-order valence-corrected chi connectivity index (χ1v) is 23.9. The predicted octanol–water partition coefficient (Wildman–Crippen LogP) is 6.20. The van der Waals surface area contributed by atoms with Crippen LogP contribution in [0.15, 0.2) is 24.3 Å². The lowest BCUT2D eigenvalue weighted by Gasteiger charge is -2.29. The minimum atomic E-state index is -4.72. The molecule has 19 nitrogen and oxygen atoms in total. The molecular weight excluding hydrogens is 1090 g/mol. The molecule has 0 saturated carbocycles. The van der Waals surface area contributed by atoms with Crippen LogP contribution in [0.5, 0.6) is 0 Å². The van der Waals surface area contributed by atoms with E-state index in [4.69, 9.17) is 15.2 Å². The number of ether oxygens (including phenoxy) is 3. The number of amides is 3. The summed E-state index contributed by atoms with van der Waals surface area (Å²) in [5, 5.41) is 15.7. The van der Waals surface area contributed by atoms with Crippen molar-refractivity contribution in [1.82, 2.24) is 44.6 Å². The van der Waals surface area contributed by atoms with Gasteiger partial charge in [0.1, 0.15) is 29.4 Å². The van der Waals surface area contributed by atoms with E-state index in [0.717, 1.165) is 9.13 Å². The SMILES string of the molecule is CC(C)(C)OC(=O)CCC(=O)NC(CC(=O)N1CCn2c(nnc2C(F)(F)F)C1)Cc1cc(F)c(F)cc1F.CC(C)(C)OC(=O)CCOC=O.NC(CC(=O)N1CCn2c(nnc2C(F)(F)F)C1)Cc1cc(F)c(F)cc1F. The maximum atomic E-state index is 14.3. The van der Waals surface area contributed by atoms with E-state index >= 15 is 0 Å². The lowest BCUT2D eigenvalue weighted by Crippen LogP contribution is -2.44. The fourth-order valence-electron chi connectivity index (χ4n) is 7.58. The number of alkyl halides is 6. The highest BCUT2D eigenvalue weighted by Gasteiger charge is 2.41. The first kappa shape index (κ1) is 64.2. The zero-order valence-corrected chi connectivity index (χ0v) is 43.3. The highest BCUT2D eigenvalue weighted by Crippen LogP contribution is 2.31. The Labute approximate surface area is 443 Å². The first-order valence-electron chi connectivity index (χ1n) is 23.9. The molecule has 2 atom stereocenters. The Hall–Kier alpha value is -7.34. The number of carbonyl (C=O) groups is 6. The van der Waals surface area contributed by atoms with E-state index in [9.17, 15) is 81.5 Å². The van der Waals surface area contributed by atoms with Gasteiger partial charge in [0.05, 0.1) is 25.9 Å². The molecule has 4 aromatic rings. The molecule has 4 heterocycles. The van der Waals surface area contributed by atoms with Gasteiger partial charge in [0.25, 0.3) is 6.47 Å². The topological polar surface area (TPSA) is 236 Å². The summed E-state index contributed by atoms with van der Waals surface area (Å²) in [6.45, 7) is 9.75.